The van der Waals surface area contributed by atoms with Crippen molar-refractivity contribution in [3.05, 3.63) is 12.2 Å². The number of aliphatic hydroxyl groups is 1. The first-order valence-electron chi connectivity index (χ1n) is 5.27. The zero-order valence-electron chi connectivity index (χ0n) is 8.50. The van der Waals surface area contributed by atoms with Gasteiger partial charge in [0.2, 0.25) is 0 Å². The van der Waals surface area contributed by atoms with Gasteiger partial charge in [0.25, 0.3) is 0 Å². The van der Waals surface area contributed by atoms with Crippen LogP contribution in [0.15, 0.2) is 12.2 Å². The van der Waals surface area contributed by atoms with E-state index in [-0.39, 0.29) is 5.54 Å². The van der Waals surface area contributed by atoms with Crippen LogP contribution in [0.25, 0.3) is 0 Å². The maximum absolute atomic E-state index is 9.07. The van der Waals surface area contributed by atoms with Crippen LogP contribution in [0.4, 0.5) is 0 Å². The average molecular weight is 183 g/mol. The monoisotopic (exact) mass is 183 g/mol. The number of aliphatic hydroxyl groups excluding tert-OH is 1. The third kappa shape index (κ3) is 3.12. The van der Waals surface area contributed by atoms with E-state index in [9.17, 15) is 0 Å². The van der Waals surface area contributed by atoms with Crippen LogP contribution >= 0.6 is 0 Å². The molecule has 1 aliphatic carbocycles. The quantitative estimate of drug-likeness (QED) is 0.656. The molecule has 0 heterocycles. The summed E-state index contributed by atoms with van der Waals surface area (Å²) < 4.78 is 0. The molecule has 0 aromatic rings. The number of hydrogen-bond acceptors (Lipinski definition) is 2. The Balaban J connectivity index is 2.51. The Bertz CT molecular complexity index is 179. The fourth-order valence-electron chi connectivity index (χ4n) is 2.12. The number of hydrogen-bond donors (Lipinski definition) is 2. The molecule has 1 aliphatic rings. The van der Waals surface area contributed by atoms with E-state index >= 15 is 0 Å². The van der Waals surface area contributed by atoms with E-state index in [1.165, 1.54) is 0 Å². The Morgan fingerprint density at radius 1 is 1.62 bits per heavy atom. The zero-order chi connectivity index (χ0) is 9.73. The van der Waals surface area contributed by atoms with Gasteiger partial charge in [-0.05, 0) is 31.6 Å². The van der Waals surface area contributed by atoms with Crippen molar-refractivity contribution >= 4 is 0 Å². The Kier molecular flexibility index (Phi) is 3.94. The van der Waals surface area contributed by atoms with Crippen molar-refractivity contribution < 1.29 is 5.11 Å². The van der Waals surface area contributed by atoms with Gasteiger partial charge in [-0.1, -0.05) is 25.5 Å². The van der Waals surface area contributed by atoms with Crippen molar-refractivity contribution in [3.63, 3.8) is 0 Å². The third-order valence-electron chi connectivity index (χ3n) is 2.87. The van der Waals surface area contributed by atoms with E-state index in [0.717, 1.165) is 32.1 Å². The molecule has 2 heteroatoms. The summed E-state index contributed by atoms with van der Waals surface area (Å²) in [6.45, 7) is 2.41. The van der Waals surface area contributed by atoms with Crippen LogP contribution in [-0.2, 0) is 0 Å². The van der Waals surface area contributed by atoms with Crippen molar-refractivity contribution in [2.75, 3.05) is 6.61 Å². The fraction of sp³-hybridized carbons (Fsp3) is 0.818. The summed E-state index contributed by atoms with van der Waals surface area (Å²) in [5.41, 5.74) is 6.08. The maximum atomic E-state index is 9.07. The standard InChI is InChI=1S/C11H21NO/c1-2-3-6-11(12)7-4-5-10(8-11)9-13/h3,6,10,13H,2,4-5,7-9,12H2,1H3/b6-3-. The highest BCUT2D eigenvalue weighted by molar-refractivity contribution is 5.06. The predicted molar refractivity (Wildman–Crippen MR) is 55.4 cm³/mol. The number of nitrogens with two attached hydrogens (primary N) is 1. The van der Waals surface area contributed by atoms with Gasteiger partial charge in [-0.2, -0.15) is 0 Å². The molecule has 1 rings (SSSR count). The molecular weight excluding hydrogens is 162 g/mol. The van der Waals surface area contributed by atoms with Crippen molar-refractivity contribution in [3.8, 4) is 0 Å². The summed E-state index contributed by atoms with van der Waals surface area (Å²) in [4.78, 5) is 0. The van der Waals surface area contributed by atoms with Gasteiger partial charge >= 0.3 is 0 Å². The summed E-state index contributed by atoms with van der Waals surface area (Å²) >= 11 is 0. The number of rotatable bonds is 3. The highest BCUT2D eigenvalue weighted by atomic mass is 16.3. The second-order valence-corrected chi connectivity index (χ2v) is 4.19. The first-order chi connectivity index (χ1) is 6.20. The third-order valence-corrected chi connectivity index (χ3v) is 2.87. The summed E-state index contributed by atoms with van der Waals surface area (Å²) in [6.07, 6.45) is 9.61. The van der Waals surface area contributed by atoms with Gasteiger partial charge in [0.05, 0.1) is 0 Å². The molecule has 0 aromatic carbocycles. The van der Waals surface area contributed by atoms with E-state index < -0.39 is 0 Å². The van der Waals surface area contributed by atoms with Crippen molar-refractivity contribution in [2.45, 2.75) is 44.6 Å². The molecule has 0 bridgehead atoms. The number of allylic oxidation sites excluding steroid dienone is 1. The van der Waals surface area contributed by atoms with Gasteiger partial charge in [0, 0.05) is 12.1 Å². The van der Waals surface area contributed by atoms with Gasteiger partial charge < -0.3 is 10.8 Å². The second-order valence-electron chi connectivity index (χ2n) is 4.19. The predicted octanol–water partition coefficient (Wildman–Crippen LogP) is 1.83. The van der Waals surface area contributed by atoms with E-state index in [1.54, 1.807) is 0 Å². The normalized spacial score (nSPS) is 35.5. The Morgan fingerprint density at radius 2 is 2.38 bits per heavy atom. The molecule has 2 unspecified atom stereocenters. The zero-order valence-corrected chi connectivity index (χ0v) is 8.50. The van der Waals surface area contributed by atoms with Gasteiger partial charge in [-0.15, -0.1) is 0 Å². The maximum Gasteiger partial charge on any atom is 0.0460 e. The van der Waals surface area contributed by atoms with Crippen LogP contribution in [-0.4, -0.2) is 17.3 Å². The lowest BCUT2D eigenvalue weighted by atomic mass is 9.76. The van der Waals surface area contributed by atoms with E-state index in [0.29, 0.717) is 12.5 Å². The molecule has 2 atom stereocenters. The van der Waals surface area contributed by atoms with Gasteiger partial charge in [0.15, 0.2) is 0 Å². The molecular formula is C11H21NO. The molecule has 0 spiro atoms. The molecule has 0 saturated heterocycles. The van der Waals surface area contributed by atoms with Crippen LogP contribution in [0.2, 0.25) is 0 Å². The molecule has 0 aliphatic heterocycles. The molecule has 3 N–H and O–H groups in total. The molecule has 76 valence electrons. The minimum Gasteiger partial charge on any atom is -0.396 e. The van der Waals surface area contributed by atoms with Gasteiger partial charge in [-0.3, -0.25) is 0 Å². The lowest BCUT2D eigenvalue weighted by molar-refractivity contribution is 0.161. The highest BCUT2D eigenvalue weighted by Gasteiger charge is 2.29. The lowest BCUT2D eigenvalue weighted by Gasteiger charge is -2.35. The van der Waals surface area contributed by atoms with E-state index in [2.05, 4.69) is 19.1 Å². The topological polar surface area (TPSA) is 46.2 Å². The van der Waals surface area contributed by atoms with Crippen molar-refractivity contribution in [2.24, 2.45) is 11.7 Å². The molecule has 2 nitrogen and oxygen atoms in total. The van der Waals surface area contributed by atoms with Crippen LogP contribution < -0.4 is 5.73 Å². The second kappa shape index (κ2) is 4.77. The van der Waals surface area contributed by atoms with Gasteiger partial charge in [0.1, 0.15) is 0 Å². The molecule has 0 aromatic heterocycles. The molecule has 13 heavy (non-hydrogen) atoms. The van der Waals surface area contributed by atoms with Crippen molar-refractivity contribution in [1.29, 1.82) is 0 Å². The minimum atomic E-state index is -0.137. The van der Waals surface area contributed by atoms with Crippen LogP contribution in [0.5, 0.6) is 0 Å². The summed E-state index contributed by atoms with van der Waals surface area (Å²) in [6, 6.07) is 0. The minimum absolute atomic E-state index is 0.137. The summed E-state index contributed by atoms with van der Waals surface area (Å²) in [5, 5.41) is 9.07. The SMILES string of the molecule is CC/C=C\C1(N)CCCC(CO)C1. The smallest absolute Gasteiger partial charge is 0.0460 e. The molecule has 1 fully saturated rings. The molecule has 0 radical (unpaired) electrons. The highest BCUT2D eigenvalue weighted by Crippen LogP contribution is 2.31. The summed E-state index contributed by atoms with van der Waals surface area (Å²) in [5.74, 6) is 0.417. The molecule has 0 amide bonds. The van der Waals surface area contributed by atoms with Gasteiger partial charge in [-0.25, -0.2) is 0 Å². The lowest BCUT2D eigenvalue weighted by Crippen LogP contribution is -2.43. The van der Waals surface area contributed by atoms with E-state index in [4.69, 9.17) is 10.8 Å². The Hall–Kier alpha value is -0.340. The first kappa shape index (κ1) is 10.7. The largest absolute Gasteiger partial charge is 0.396 e. The van der Waals surface area contributed by atoms with Crippen LogP contribution in [0.1, 0.15) is 39.0 Å². The first-order valence-corrected chi connectivity index (χ1v) is 5.27. The average Bonchev–Trinajstić information content (AvgIpc) is 2.15. The van der Waals surface area contributed by atoms with Crippen molar-refractivity contribution in [1.82, 2.24) is 0 Å². The molecule has 1 saturated carbocycles. The Morgan fingerprint density at radius 3 is 3.00 bits per heavy atom. The van der Waals surface area contributed by atoms with Crippen LogP contribution in [0, 0.1) is 5.92 Å². The van der Waals surface area contributed by atoms with E-state index in [1.807, 2.05) is 0 Å². The summed E-state index contributed by atoms with van der Waals surface area (Å²) in [7, 11) is 0. The van der Waals surface area contributed by atoms with Crippen LogP contribution in [0.3, 0.4) is 0 Å². The fourth-order valence-corrected chi connectivity index (χ4v) is 2.12. The Labute approximate surface area is 80.8 Å².